The number of aliphatic hydroxyl groups is 3. The van der Waals surface area contributed by atoms with Gasteiger partial charge in [-0.3, -0.25) is 0 Å². The SMILES string of the molecule is CCC[C@H](Oc1cc(C)c(-n2cc(C(F)(F)F)cn2)c(C)c1)c1ccc(C(=O)O)cc1.NC(CO)(CO)CO. The van der Waals surface area contributed by atoms with Crippen molar-refractivity contribution >= 4 is 5.97 Å². The van der Waals surface area contributed by atoms with Crippen LogP contribution >= 0.6 is 0 Å². The van der Waals surface area contributed by atoms with Crippen LogP contribution in [0.3, 0.4) is 0 Å². The molecule has 9 nitrogen and oxygen atoms in total. The minimum atomic E-state index is -4.45. The maximum Gasteiger partial charge on any atom is 0.419 e. The van der Waals surface area contributed by atoms with Gasteiger partial charge in [-0.1, -0.05) is 25.5 Å². The molecule has 6 N–H and O–H groups in total. The number of nitrogens with two attached hydrogens (primary N) is 1. The predicted octanol–water partition coefficient (Wildman–Crippen LogP) is 3.79. The number of benzene rings is 2. The molecule has 12 heteroatoms. The van der Waals surface area contributed by atoms with Crippen molar-refractivity contribution < 1.29 is 43.1 Å². The molecule has 3 aromatic rings. The molecule has 1 heterocycles. The molecule has 214 valence electrons. The maximum atomic E-state index is 12.9. The minimum Gasteiger partial charge on any atom is -0.486 e. The molecule has 1 aromatic heterocycles. The van der Waals surface area contributed by atoms with Crippen LogP contribution in [0.4, 0.5) is 13.2 Å². The number of carboxylic acids is 1. The van der Waals surface area contributed by atoms with Crippen molar-refractivity contribution in [3.8, 4) is 11.4 Å². The molecule has 0 aliphatic carbocycles. The second kappa shape index (κ2) is 13.6. The van der Waals surface area contributed by atoms with E-state index in [1.807, 2.05) is 6.92 Å². The summed E-state index contributed by atoms with van der Waals surface area (Å²) in [5.74, 6) is -0.406. The van der Waals surface area contributed by atoms with Crippen LogP contribution in [-0.2, 0) is 6.18 Å². The molecular formula is C27H34F3N3O6. The quantitative estimate of drug-likeness (QED) is 0.254. The Balaban J connectivity index is 0.000000580. The van der Waals surface area contributed by atoms with E-state index in [0.717, 1.165) is 41.9 Å². The lowest BCUT2D eigenvalue weighted by atomic mass is 10.0. The largest absolute Gasteiger partial charge is 0.486 e. The van der Waals surface area contributed by atoms with Crippen molar-refractivity contribution in [1.29, 1.82) is 0 Å². The van der Waals surface area contributed by atoms with Crippen LogP contribution in [0.25, 0.3) is 5.69 Å². The molecule has 3 rings (SSSR count). The first-order chi connectivity index (χ1) is 18.3. The summed E-state index contributed by atoms with van der Waals surface area (Å²) in [6.07, 6.45) is -1.37. The third-order valence-electron chi connectivity index (χ3n) is 5.91. The fourth-order valence-electron chi connectivity index (χ4n) is 3.65. The van der Waals surface area contributed by atoms with Crippen LogP contribution in [0.1, 0.15) is 58.5 Å². The van der Waals surface area contributed by atoms with Gasteiger partial charge in [0.2, 0.25) is 0 Å². The third-order valence-corrected chi connectivity index (χ3v) is 5.91. The van der Waals surface area contributed by atoms with E-state index in [4.69, 9.17) is 30.9 Å². The van der Waals surface area contributed by atoms with Crippen LogP contribution in [-0.4, -0.2) is 61.5 Å². The number of aromatic carboxylic acids is 1. The first-order valence-electron chi connectivity index (χ1n) is 12.1. The highest BCUT2D eigenvalue weighted by atomic mass is 19.4. The van der Waals surface area contributed by atoms with Crippen molar-refractivity contribution in [3.05, 3.63) is 76.6 Å². The summed E-state index contributed by atoms with van der Waals surface area (Å²) >= 11 is 0. The average molecular weight is 554 g/mol. The number of aromatic nitrogens is 2. The zero-order valence-electron chi connectivity index (χ0n) is 21.9. The van der Waals surface area contributed by atoms with Crippen LogP contribution < -0.4 is 10.5 Å². The molecule has 0 bridgehead atoms. The summed E-state index contributed by atoms with van der Waals surface area (Å²) in [7, 11) is 0. The normalized spacial score (nSPS) is 12.5. The Labute approximate surface area is 224 Å². The summed E-state index contributed by atoms with van der Waals surface area (Å²) in [6.45, 7) is 4.40. The van der Waals surface area contributed by atoms with Gasteiger partial charge in [-0.25, -0.2) is 9.48 Å². The van der Waals surface area contributed by atoms with Gasteiger partial charge in [-0.2, -0.15) is 18.3 Å². The molecule has 0 amide bonds. The smallest absolute Gasteiger partial charge is 0.419 e. The zero-order chi connectivity index (χ0) is 29.4. The average Bonchev–Trinajstić information content (AvgIpc) is 3.38. The van der Waals surface area contributed by atoms with Gasteiger partial charge in [0.15, 0.2) is 0 Å². The summed E-state index contributed by atoms with van der Waals surface area (Å²) in [6, 6.07) is 10.1. The lowest BCUT2D eigenvalue weighted by molar-refractivity contribution is -0.137. The molecule has 0 radical (unpaired) electrons. The van der Waals surface area contributed by atoms with E-state index in [0.29, 0.717) is 11.4 Å². The van der Waals surface area contributed by atoms with Crippen molar-refractivity contribution in [2.45, 2.75) is 51.4 Å². The topological polar surface area (TPSA) is 151 Å². The lowest BCUT2D eigenvalue weighted by Gasteiger charge is -2.21. The van der Waals surface area contributed by atoms with Gasteiger partial charge < -0.3 is 30.9 Å². The molecule has 0 aliphatic rings. The Hall–Kier alpha value is -3.45. The number of hydrogen-bond donors (Lipinski definition) is 5. The molecule has 2 aromatic carbocycles. The van der Waals surface area contributed by atoms with Crippen LogP contribution in [0.5, 0.6) is 5.75 Å². The Morgan fingerprint density at radius 3 is 1.97 bits per heavy atom. The standard InChI is InChI=1S/C23H23F3N2O3.C4H11NO3/c1-4-5-20(16-6-8-17(9-7-16)22(29)30)31-19-10-14(2)21(15(3)11-19)28-13-18(12-27-28)23(24,25)26;5-4(1-6,2-7)3-8/h6-13,20H,4-5H2,1-3H3,(H,29,30);6-8H,1-3,5H2/t20-;/m0./s1. The fraction of sp³-hybridized carbons (Fsp3) is 0.407. The molecule has 0 saturated heterocycles. The first kappa shape index (κ1) is 31.8. The second-order valence-electron chi connectivity index (χ2n) is 9.24. The highest BCUT2D eigenvalue weighted by molar-refractivity contribution is 5.87. The summed E-state index contributed by atoms with van der Waals surface area (Å²) < 4.78 is 46.2. The van der Waals surface area contributed by atoms with Crippen molar-refractivity contribution in [1.82, 2.24) is 9.78 Å². The lowest BCUT2D eigenvalue weighted by Crippen LogP contribution is -2.50. The van der Waals surface area contributed by atoms with Gasteiger partial charge in [0, 0.05) is 6.20 Å². The van der Waals surface area contributed by atoms with Gasteiger partial charge in [-0.05, 0) is 61.2 Å². The fourth-order valence-corrected chi connectivity index (χ4v) is 3.65. The van der Waals surface area contributed by atoms with E-state index in [1.165, 1.54) is 4.68 Å². The number of carbonyl (C=O) groups is 1. The number of alkyl halides is 3. The highest BCUT2D eigenvalue weighted by Gasteiger charge is 2.32. The number of hydrogen-bond acceptors (Lipinski definition) is 7. The molecule has 0 fully saturated rings. The molecule has 0 saturated carbocycles. The maximum absolute atomic E-state index is 12.9. The van der Waals surface area contributed by atoms with E-state index in [2.05, 4.69) is 5.10 Å². The van der Waals surface area contributed by atoms with Gasteiger partial charge in [0.05, 0.1) is 48.4 Å². The Bertz CT molecular complexity index is 1190. The van der Waals surface area contributed by atoms with Gasteiger partial charge in [-0.15, -0.1) is 0 Å². The van der Waals surface area contributed by atoms with Gasteiger partial charge in [0.25, 0.3) is 0 Å². The van der Waals surface area contributed by atoms with Gasteiger partial charge in [0.1, 0.15) is 11.9 Å². The summed E-state index contributed by atoms with van der Waals surface area (Å²) in [4.78, 5) is 11.1. The van der Waals surface area contributed by atoms with E-state index in [9.17, 15) is 18.0 Å². The van der Waals surface area contributed by atoms with Crippen LogP contribution in [0.15, 0.2) is 48.8 Å². The van der Waals surface area contributed by atoms with Crippen LogP contribution in [0.2, 0.25) is 0 Å². The highest BCUT2D eigenvalue weighted by Crippen LogP contribution is 2.33. The Morgan fingerprint density at radius 1 is 1.05 bits per heavy atom. The number of halogens is 3. The molecule has 0 unspecified atom stereocenters. The molecular weight excluding hydrogens is 519 g/mol. The third kappa shape index (κ3) is 8.52. The number of ether oxygens (including phenoxy) is 1. The molecule has 1 atom stereocenters. The van der Waals surface area contributed by atoms with E-state index in [-0.39, 0.29) is 11.7 Å². The minimum absolute atomic E-state index is 0.201. The molecule has 39 heavy (non-hydrogen) atoms. The summed E-state index contributed by atoms with van der Waals surface area (Å²) in [5, 5.41) is 38.0. The van der Waals surface area contributed by atoms with Crippen molar-refractivity contribution in [2.24, 2.45) is 5.73 Å². The van der Waals surface area contributed by atoms with E-state index in [1.54, 1.807) is 50.2 Å². The Morgan fingerprint density at radius 2 is 1.59 bits per heavy atom. The monoisotopic (exact) mass is 553 g/mol. The summed E-state index contributed by atoms with van der Waals surface area (Å²) in [5.41, 5.74) is 6.21. The number of carboxylic acid groups (broad SMARTS) is 1. The number of aliphatic hydroxyl groups excluding tert-OH is 3. The number of nitrogens with zero attached hydrogens (tertiary/aromatic N) is 2. The number of rotatable bonds is 10. The molecule has 0 aliphatic heterocycles. The Kier molecular flexibility index (Phi) is 11.0. The second-order valence-corrected chi connectivity index (χ2v) is 9.24. The molecule has 0 spiro atoms. The van der Waals surface area contributed by atoms with Crippen molar-refractivity contribution in [3.63, 3.8) is 0 Å². The van der Waals surface area contributed by atoms with Gasteiger partial charge >= 0.3 is 12.1 Å². The van der Waals surface area contributed by atoms with Crippen molar-refractivity contribution in [2.75, 3.05) is 19.8 Å². The zero-order valence-corrected chi connectivity index (χ0v) is 21.9. The van der Waals surface area contributed by atoms with Crippen LogP contribution in [0, 0.1) is 13.8 Å². The van der Waals surface area contributed by atoms with E-state index >= 15 is 0 Å². The van der Waals surface area contributed by atoms with E-state index < -0.39 is 43.1 Å². The number of aryl methyl sites for hydroxylation is 2. The first-order valence-corrected chi connectivity index (χ1v) is 12.1. The predicted molar refractivity (Wildman–Crippen MR) is 138 cm³/mol.